The molecule has 5 heteroatoms. The number of anilines is 2. The van der Waals surface area contributed by atoms with Gasteiger partial charge in [-0.2, -0.15) is 0 Å². The van der Waals surface area contributed by atoms with Crippen LogP contribution in [-0.2, 0) is 9.59 Å². The van der Waals surface area contributed by atoms with E-state index in [1.54, 1.807) is 6.92 Å². The Morgan fingerprint density at radius 1 is 1.21 bits per heavy atom. The molecule has 1 heterocycles. The zero-order chi connectivity index (χ0) is 16.9. The molecule has 1 aromatic carbocycles. The van der Waals surface area contributed by atoms with Gasteiger partial charge in [-0.25, -0.2) is 0 Å². The Labute approximate surface area is 143 Å². The van der Waals surface area contributed by atoms with E-state index in [2.05, 4.69) is 28.4 Å². The van der Waals surface area contributed by atoms with E-state index in [0.29, 0.717) is 12.3 Å². The molecule has 24 heavy (non-hydrogen) atoms. The normalized spacial score (nSPS) is 20.3. The van der Waals surface area contributed by atoms with Gasteiger partial charge in [0, 0.05) is 50.9 Å². The van der Waals surface area contributed by atoms with E-state index in [-0.39, 0.29) is 11.8 Å². The fourth-order valence-corrected chi connectivity index (χ4v) is 3.38. The predicted octanol–water partition coefficient (Wildman–Crippen LogP) is 2.65. The summed E-state index contributed by atoms with van der Waals surface area (Å²) in [6, 6.07) is 7.97. The van der Waals surface area contributed by atoms with E-state index < -0.39 is 0 Å². The lowest BCUT2D eigenvalue weighted by Crippen LogP contribution is -2.48. The summed E-state index contributed by atoms with van der Waals surface area (Å²) in [6.07, 6.45) is 7.01. The molecule has 0 bridgehead atoms. The first-order valence-corrected chi connectivity index (χ1v) is 8.69. The first kappa shape index (κ1) is 16.6. The Hall–Kier alpha value is -2.30. The summed E-state index contributed by atoms with van der Waals surface area (Å²) in [7, 11) is 0. The summed E-state index contributed by atoms with van der Waals surface area (Å²) < 4.78 is 0. The maximum absolute atomic E-state index is 12.2. The van der Waals surface area contributed by atoms with E-state index in [9.17, 15) is 9.59 Å². The predicted molar refractivity (Wildman–Crippen MR) is 96.0 cm³/mol. The number of benzene rings is 1. The lowest BCUT2D eigenvalue weighted by Gasteiger charge is -2.35. The fourth-order valence-electron chi connectivity index (χ4n) is 3.38. The lowest BCUT2D eigenvalue weighted by molar-refractivity contribution is -0.129. The first-order chi connectivity index (χ1) is 11.6. The summed E-state index contributed by atoms with van der Waals surface area (Å²) in [5, 5.41) is 3.01. The second-order valence-electron chi connectivity index (χ2n) is 6.56. The van der Waals surface area contributed by atoms with Crippen LogP contribution in [0.3, 0.4) is 0 Å². The van der Waals surface area contributed by atoms with Gasteiger partial charge in [-0.1, -0.05) is 18.2 Å². The smallest absolute Gasteiger partial charge is 0.224 e. The van der Waals surface area contributed by atoms with Crippen LogP contribution in [0.25, 0.3) is 0 Å². The van der Waals surface area contributed by atoms with Crippen molar-refractivity contribution < 1.29 is 9.59 Å². The Balaban J connectivity index is 1.57. The Bertz CT molecular complexity index is 633. The monoisotopic (exact) mass is 327 g/mol. The Morgan fingerprint density at radius 2 is 2.00 bits per heavy atom. The molecule has 0 aromatic heterocycles. The number of hydrogen-bond acceptors (Lipinski definition) is 3. The van der Waals surface area contributed by atoms with Crippen LogP contribution in [0, 0.1) is 5.92 Å². The van der Waals surface area contributed by atoms with Crippen LogP contribution in [0.4, 0.5) is 11.4 Å². The van der Waals surface area contributed by atoms with Gasteiger partial charge in [0.2, 0.25) is 11.8 Å². The number of carbonyl (C=O) groups excluding carboxylic acids is 2. The van der Waals surface area contributed by atoms with Crippen LogP contribution in [-0.4, -0.2) is 42.9 Å². The number of carbonyl (C=O) groups is 2. The summed E-state index contributed by atoms with van der Waals surface area (Å²) in [5.74, 6) is 0.592. The van der Waals surface area contributed by atoms with Crippen molar-refractivity contribution in [2.75, 3.05) is 36.4 Å². The van der Waals surface area contributed by atoms with E-state index in [0.717, 1.165) is 50.4 Å². The molecule has 2 aliphatic rings. The van der Waals surface area contributed by atoms with Gasteiger partial charge in [-0.15, -0.1) is 0 Å². The molecule has 5 nitrogen and oxygen atoms in total. The summed E-state index contributed by atoms with van der Waals surface area (Å²) >= 11 is 0. The standard InChI is InChI=1S/C19H25N3O2/c1-15(23)21-9-11-22(12-10-21)18-8-4-7-17(14-18)20-19(24)13-16-5-2-3-6-16/h2,4-5,7-8,14,16H,3,6,9-13H2,1H3,(H,20,24). The number of nitrogens with zero attached hydrogens (tertiary/aromatic N) is 2. The maximum atomic E-state index is 12.2. The van der Waals surface area contributed by atoms with Crippen molar-refractivity contribution in [3.63, 3.8) is 0 Å². The van der Waals surface area contributed by atoms with Gasteiger partial charge in [-0.3, -0.25) is 9.59 Å². The second kappa shape index (κ2) is 7.51. The first-order valence-electron chi connectivity index (χ1n) is 8.69. The van der Waals surface area contributed by atoms with Crippen LogP contribution < -0.4 is 10.2 Å². The molecular formula is C19H25N3O2. The largest absolute Gasteiger partial charge is 0.368 e. The third-order valence-electron chi connectivity index (χ3n) is 4.78. The highest BCUT2D eigenvalue weighted by atomic mass is 16.2. The zero-order valence-electron chi connectivity index (χ0n) is 14.2. The number of piperazine rings is 1. The SMILES string of the molecule is CC(=O)N1CCN(c2cccc(NC(=O)CC3C=CCC3)c2)CC1. The number of allylic oxidation sites excluding steroid dienone is 2. The van der Waals surface area contributed by atoms with Gasteiger partial charge in [-0.05, 0) is 37.0 Å². The molecule has 0 saturated carbocycles. The van der Waals surface area contributed by atoms with E-state index in [1.807, 2.05) is 23.1 Å². The highest BCUT2D eigenvalue weighted by Crippen LogP contribution is 2.23. The van der Waals surface area contributed by atoms with Crippen molar-refractivity contribution in [3.05, 3.63) is 36.4 Å². The highest BCUT2D eigenvalue weighted by Gasteiger charge is 2.19. The van der Waals surface area contributed by atoms with Gasteiger partial charge in [0.05, 0.1) is 0 Å². The topological polar surface area (TPSA) is 52.7 Å². The third kappa shape index (κ3) is 4.16. The molecule has 1 aliphatic heterocycles. The Kier molecular flexibility index (Phi) is 5.18. The van der Waals surface area contributed by atoms with Crippen LogP contribution in [0.5, 0.6) is 0 Å². The van der Waals surface area contributed by atoms with Crippen LogP contribution in [0.15, 0.2) is 36.4 Å². The van der Waals surface area contributed by atoms with Gasteiger partial charge in [0.1, 0.15) is 0 Å². The van der Waals surface area contributed by atoms with Gasteiger partial charge in [0.25, 0.3) is 0 Å². The molecule has 3 rings (SSSR count). The second-order valence-corrected chi connectivity index (χ2v) is 6.56. The molecule has 1 atom stereocenters. The molecule has 1 unspecified atom stereocenters. The molecule has 2 amide bonds. The van der Waals surface area contributed by atoms with Crippen molar-refractivity contribution in [1.29, 1.82) is 0 Å². The maximum Gasteiger partial charge on any atom is 0.224 e. The molecule has 1 aromatic rings. The molecule has 1 fully saturated rings. The highest BCUT2D eigenvalue weighted by molar-refractivity contribution is 5.91. The van der Waals surface area contributed by atoms with Gasteiger partial charge < -0.3 is 15.1 Å². The number of nitrogens with one attached hydrogen (secondary N) is 1. The quantitative estimate of drug-likeness (QED) is 0.865. The van der Waals surface area contributed by atoms with Crippen molar-refractivity contribution in [1.82, 2.24) is 4.90 Å². The van der Waals surface area contributed by atoms with E-state index in [4.69, 9.17) is 0 Å². The molecule has 1 N–H and O–H groups in total. The number of amides is 2. The minimum absolute atomic E-state index is 0.0742. The van der Waals surface area contributed by atoms with Crippen LogP contribution >= 0.6 is 0 Å². The average Bonchev–Trinajstić information content (AvgIpc) is 3.08. The van der Waals surface area contributed by atoms with E-state index >= 15 is 0 Å². The summed E-state index contributed by atoms with van der Waals surface area (Å²) in [5.41, 5.74) is 1.94. The van der Waals surface area contributed by atoms with Crippen molar-refractivity contribution in [2.24, 2.45) is 5.92 Å². The molecule has 128 valence electrons. The summed E-state index contributed by atoms with van der Waals surface area (Å²) in [6.45, 7) is 4.76. The number of hydrogen-bond donors (Lipinski definition) is 1. The van der Waals surface area contributed by atoms with E-state index in [1.165, 1.54) is 0 Å². The van der Waals surface area contributed by atoms with Gasteiger partial charge >= 0.3 is 0 Å². The molecule has 0 radical (unpaired) electrons. The summed E-state index contributed by atoms with van der Waals surface area (Å²) in [4.78, 5) is 27.7. The third-order valence-corrected chi connectivity index (χ3v) is 4.78. The van der Waals surface area contributed by atoms with Crippen molar-refractivity contribution in [2.45, 2.75) is 26.2 Å². The van der Waals surface area contributed by atoms with Gasteiger partial charge in [0.15, 0.2) is 0 Å². The van der Waals surface area contributed by atoms with Crippen molar-refractivity contribution >= 4 is 23.2 Å². The lowest BCUT2D eigenvalue weighted by atomic mass is 10.1. The van der Waals surface area contributed by atoms with Crippen LogP contribution in [0.1, 0.15) is 26.2 Å². The molecule has 1 saturated heterocycles. The zero-order valence-corrected chi connectivity index (χ0v) is 14.2. The average molecular weight is 327 g/mol. The molecular weight excluding hydrogens is 302 g/mol. The molecule has 1 aliphatic carbocycles. The minimum atomic E-state index is 0.0742. The van der Waals surface area contributed by atoms with Crippen LogP contribution in [0.2, 0.25) is 0 Å². The Morgan fingerprint density at radius 3 is 2.67 bits per heavy atom. The number of rotatable bonds is 4. The molecule has 0 spiro atoms. The van der Waals surface area contributed by atoms with Crippen molar-refractivity contribution in [3.8, 4) is 0 Å². The minimum Gasteiger partial charge on any atom is -0.368 e. The fraction of sp³-hybridized carbons (Fsp3) is 0.474.